The van der Waals surface area contributed by atoms with Gasteiger partial charge in [-0.3, -0.25) is 0 Å². The second kappa shape index (κ2) is 4.28. The van der Waals surface area contributed by atoms with E-state index in [1.807, 2.05) is 6.20 Å². The highest BCUT2D eigenvalue weighted by molar-refractivity contribution is 7.98. The van der Waals surface area contributed by atoms with E-state index in [0.29, 0.717) is 0 Å². The first-order chi connectivity index (χ1) is 7.86. The molecule has 0 aromatic carbocycles. The van der Waals surface area contributed by atoms with Crippen molar-refractivity contribution in [1.29, 1.82) is 0 Å². The van der Waals surface area contributed by atoms with Crippen LogP contribution in [0.3, 0.4) is 0 Å². The Morgan fingerprint density at radius 3 is 2.38 bits per heavy atom. The minimum absolute atomic E-state index is 0.724. The number of hydrogen-bond acceptors (Lipinski definition) is 3. The average molecular weight is 234 g/mol. The maximum Gasteiger partial charge on any atom is 0.0958 e. The smallest absolute Gasteiger partial charge is 0.0958 e. The molecule has 0 amide bonds. The van der Waals surface area contributed by atoms with Crippen LogP contribution in [0.25, 0.3) is 0 Å². The molecule has 2 aliphatic carbocycles. The summed E-state index contributed by atoms with van der Waals surface area (Å²) in [6.07, 6.45) is 9.72. The van der Waals surface area contributed by atoms with Crippen molar-refractivity contribution < 1.29 is 0 Å². The first-order valence-electron chi connectivity index (χ1n) is 6.13. The summed E-state index contributed by atoms with van der Waals surface area (Å²) in [6.45, 7) is 0. The zero-order valence-electron chi connectivity index (χ0n) is 9.65. The zero-order chi connectivity index (χ0) is 11.0. The molecule has 86 valence electrons. The number of thioether (sulfide) groups is 1. The van der Waals surface area contributed by atoms with Crippen molar-refractivity contribution in [3.63, 3.8) is 0 Å². The maximum absolute atomic E-state index is 4.41. The third kappa shape index (κ3) is 2.34. The predicted octanol–water partition coefficient (Wildman–Crippen LogP) is 3.40. The van der Waals surface area contributed by atoms with E-state index in [0.717, 1.165) is 22.9 Å². The number of rotatable bonds is 5. The van der Waals surface area contributed by atoms with Gasteiger partial charge in [-0.1, -0.05) is 0 Å². The standard InChI is InChI=1S/C13H18N2S/c1-16-12-7-6-11(8-14-12)15-13(9-2-3-9)10-4-5-10/h6-10,13,15H,2-5H2,1H3. The van der Waals surface area contributed by atoms with Crippen LogP contribution in [0.15, 0.2) is 23.4 Å². The fraction of sp³-hybridized carbons (Fsp3) is 0.615. The SMILES string of the molecule is CSc1ccc(NC(C2CC2)C2CC2)cn1. The molecule has 2 fully saturated rings. The summed E-state index contributed by atoms with van der Waals surface area (Å²) in [4.78, 5) is 4.41. The normalized spacial score (nSPS) is 20.1. The highest BCUT2D eigenvalue weighted by Gasteiger charge is 2.41. The lowest BCUT2D eigenvalue weighted by molar-refractivity contribution is 0.567. The van der Waals surface area contributed by atoms with E-state index in [1.54, 1.807) is 11.8 Å². The van der Waals surface area contributed by atoms with Crippen molar-refractivity contribution >= 4 is 17.4 Å². The second-order valence-electron chi connectivity index (χ2n) is 4.93. The van der Waals surface area contributed by atoms with Crippen LogP contribution >= 0.6 is 11.8 Å². The van der Waals surface area contributed by atoms with Gasteiger partial charge in [-0.2, -0.15) is 0 Å². The van der Waals surface area contributed by atoms with Gasteiger partial charge in [-0.15, -0.1) is 11.8 Å². The lowest BCUT2D eigenvalue weighted by atomic mass is 10.1. The van der Waals surface area contributed by atoms with Crippen molar-refractivity contribution in [1.82, 2.24) is 4.98 Å². The van der Waals surface area contributed by atoms with Crippen LogP contribution in [0.2, 0.25) is 0 Å². The molecule has 3 heteroatoms. The Bertz CT molecular complexity index is 343. The fourth-order valence-corrected chi connectivity index (χ4v) is 2.67. The molecule has 0 bridgehead atoms. The molecule has 0 aliphatic heterocycles. The number of hydrogen-bond donors (Lipinski definition) is 1. The molecule has 0 radical (unpaired) electrons. The van der Waals surface area contributed by atoms with Gasteiger partial charge in [0.1, 0.15) is 0 Å². The van der Waals surface area contributed by atoms with Gasteiger partial charge in [-0.25, -0.2) is 4.98 Å². The summed E-state index contributed by atoms with van der Waals surface area (Å²) in [6, 6.07) is 4.99. The number of nitrogens with one attached hydrogen (secondary N) is 1. The van der Waals surface area contributed by atoms with Gasteiger partial charge in [0.25, 0.3) is 0 Å². The van der Waals surface area contributed by atoms with Gasteiger partial charge in [0.05, 0.1) is 16.9 Å². The molecule has 16 heavy (non-hydrogen) atoms. The molecule has 1 aromatic rings. The molecular weight excluding hydrogens is 216 g/mol. The Morgan fingerprint density at radius 1 is 1.25 bits per heavy atom. The van der Waals surface area contributed by atoms with Gasteiger partial charge in [0.2, 0.25) is 0 Å². The van der Waals surface area contributed by atoms with Crippen LogP contribution in [0.4, 0.5) is 5.69 Å². The molecular formula is C13H18N2S. The summed E-state index contributed by atoms with van der Waals surface area (Å²) in [5.41, 5.74) is 1.20. The van der Waals surface area contributed by atoms with Crippen molar-refractivity contribution in [3.05, 3.63) is 18.3 Å². The molecule has 0 atom stereocenters. The monoisotopic (exact) mass is 234 g/mol. The van der Waals surface area contributed by atoms with Crippen molar-refractivity contribution in [2.24, 2.45) is 11.8 Å². The van der Waals surface area contributed by atoms with E-state index in [9.17, 15) is 0 Å². The lowest BCUT2D eigenvalue weighted by Gasteiger charge is -2.18. The summed E-state index contributed by atoms with van der Waals surface area (Å²) in [5.74, 6) is 1.88. The molecule has 3 rings (SSSR count). The highest BCUT2D eigenvalue weighted by atomic mass is 32.2. The molecule has 1 heterocycles. The van der Waals surface area contributed by atoms with Crippen LogP contribution in [0.1, 0.15) is 25.7 Å². The quantitative estimate of drug-likeness (QED) is 0.790. The minimum atomic E-state index is 0.724. The maximum atomic E-state index is 4.41. The van der Waals surface area contributed by atoms with E-state index in [2.05, 4.69) is 28.7 Å². The Kier molecular flexibility index (Phi) is 2.80. The van der Waals surface area contributed by atoms with Crippen molar-refractivity contribution in [3.8, 4) is 0 Å². The summed E-state index contributed by atoms with van der Waals surface area (Å²) in [7, 11) is 0. The molecule has 2 nitrogen and oxygen atoms in total. The average Bonchev–Trinajstić information content (AvgIpc) is 3.19. The van der Waals surface area contributed by atoms with Gasteiger partial charge in [0, 0.05) is 6.04 Å². The van der Waals surface area contributed by atoms with Crippen LogP contribution in [-0.4, -0.2) is 17.3 Å². The van der Waals surface area contributed by atoms with E-state index in [4.69, 9.17) is 0 Å². The molecule has 0 unspecified atom stereocenters. The predicted molar refractivity (Wildman–Crippen MR) is 68.9 cm³/mol. The van der Waals surface area contributed by atoms with Gasteiger partial charge >= 0.3 is 0 Å². The number of pyridine rings is 1. The number of nitrogens with zero attached hydrogens (tertiary/aromatic N) is 1. The highest BCUT2D eigenvalue weighted by Crippen LogP contribution is 2.45. The van der Waals surface area contributed by atoms with E-state index >= 15 is 0 Å². The molecule has 1 aromatic heterocycles. The van der Waals surface area contributed by atoms with Crippen molar-refractivity contribution in [2.75, 3.05) is 11.6 Å². The third-order valence-electron chi connectivity index (χ3n) is 3.54. The van der Waals surface area contributed by atoms with Crippen LogP contribution in [0, 0.1) is 11.8 Å². The fourth-order valence-electron chi connectivity index (χ4n) is 2.31. The summed E-state index contributed by atoms with van der Waals surface area (Å²) >= 11 is 1.69. The van der Waals surface area contributed by atoms with Crippen LogP contribution < -0.4 is 5.32 Å². The van der Waals surface area contributed by atoms with E-state index < -0.39 is 0 Å². The minimum Gasteiger partial charge on any atom is -0.381 e. The summed E-state index contributed by atoms with van der Waals surface area (Å²) < 4.78 is 0. The molecule has 0 spiro atoms. The second-order valence-corrected chi connectivity index (χ2v) is 5.76. The Balaban J connectivity index is 1.66. The molecule has 2 aliphatic rings. The Labute approximate surface area is 101 Å². The van der Waals surface area contributed by atoms with E-state index in [1.165, 1.54) is 31.4 Å². The molecule has 1 N–H and O–H groups in total. The summed E-state index contributed by atoms with van der Waals surface area (Å²) in [5, 5.41) is 4.78. The Hall–Kier alpha value is -0.700. The first kappa shape index (κ1) is 10.5. The van der Waals surface area contributed by atoms with E-state index in [-0.39, 0.29) is 0 Å². The zero-order valence-corrected chi connectivity index (χ0v) is 10.5. The third-order valence-corrected chi connectivity index (χ3v) is 4.20. The Morgan fingerprint density at radius 2 is 1.94 bits per heavy atom. The topological polar surface area (TPSA) is 24.9 Å². The largest absolute Gasteiger partial charge is 0.381 e. The van der Waals surface area contributed by atoms with Gasteiger partial charge in [-0.05, 0) is 55.9 Å². The van der Waals surface area contributed by atoms with Crippen LogP contribution in [0.5, 0.6) is 0 Å². The van der Waals surface area contributed by atoms with Crippen LogP contribution in [-0.2, 0) is 0 Å². The molecule has 2 saturated carbocycles. The molecule has 0 saturated heterocycles. The lowest BCUT2D eigenvalue weighted by Crippen LogP contribution is -2.24. The van der Waals surface area contributed by atoms with Crippen molar-refractivity contribution in [2.45, 2.75) is 36.8 Å². The van der Waals surface area contributed by atoms with Gasteiger partial charge < -0.3 is 5.32 Å². The number of aromatic nitrogens is 1. The van der Waals surface area contributed by atoms with Gasteiger partial charge in [0.15, 0.2) is 0 Å². The first-order valence-corrected chi connectivity index (χ1v) is 7.36. The number of anilines is 1.